The molecule has 0 aromatic heterocycles. The highest BCUT2D eigenvalue weighted by Gasteiger charge is 2.50. The Kier molecular flexibility index (Phi) is 3.90. The van der Waals surface area contributed by atoms with Crippen molar-refractivity contribution in [3.8, 4) is 0 Å². The first kappa shape index (κ1) is 13.3. The van der Waals surface area contributed by atoms with Gasteiger partial charge in [-0.05, 0) is 24.9 Å². The van der Waals surface area contributed by atoms with Gasteiger partial charge in [0, 0.05) is 6.54 Å². The maximum Gasteiger partial charge on any atom is 0.406 e. The summed E-state index contributed by atoms with van der Waals surface area (Å²) in [5, 5.41) is 0. The van der Waals surface area contributed by atoms with Crippen LogP contribution in [0.15, 0.2) is 30.3 Å². The van der Waals surface area contributed by atoms with Crippen LogP contribution in [0.25, 0.3) is 0 Å². The molecular weight excluding hydrogens is 246 g/mol. The smallest absolute Gasteiger partial charge is 0.286 e. The fourth-order valence-corrected chi connectivity index (χ4v) is 2.42. The molecule has 1 fully saturated rings. The summed E-state index contributed by atoms with van der Waals surface area (Å²) >= 11 is 0. The SMILES string of the molecule is FC1CCCN(Cc2ccccc2)C1C(F)(F)F. The molecule has 1 nitrogen and oxygen atoms in total. The Morgan fingerprint density at radius 3 is 2.44 bits per heavy atom. The molecule has 0 bridgehead atoms. The molecule has 1 heterocycles. The predicted molar refractivity (Wildman–Crippen MR) is 60.8 cm³/mol. The van der Waals surface area contributed by atoms with Crippen LogP contribution in [0.1, 0.15) is 18.4 Å². The second-order valence-electron chi connectivity index (χ2n) is 4.60. The van der Waals surface area contributed by atoms with Gasteiger partial charge in [-0.15, -0.1) is 0 Å². The monoisotopic (exact) mass is 261 g/mol. The van der Waals surface area contributed by atoms with Crippen molar-refractivity contribution < 1.29 is 17.6 Å². The van der Waals surface area contributed by atoms with E-state index in [0.717, 1.165) is 5.56 Å². The molecule has 0 aliphatic carbocycles. The number of hydrogen-bond donors (Lipinski definition) is 0. The van der Waals surface area contributed by atoms with Crippen LogP contribution in [0, 0.1) is 0 Å². The quantitative estimate of drug-likeness (QED) is 0.736. The fourth-order valence-electron chi connectivity index (χ4n) is 2.42. The van der Waals surface area contributed by atoms with Gasteiger partial charge in [-0.3, -0.25) is 4.90 Å². The van der Waals surface area contributed by atoms with Crippen LogP contribution in [0.3, 0.4) is 0 Å². The van der Waals surface area contributed by atoms with Crippen molar-refractivity contribution in [3.63, 3.8) is 0 Å². The van der Waals surface area contributed by atoms with E-state index in [-0.39, 0.29) is 13.0 Å². The van der Waals surface area contributed by atoms with Crippen molar-refractivity contribution in [1.29, 1.82) is 0 Å². The van der Waals surface area contributed by atoms with E-state index in [2.05, 4.69) is 0 Å². The molecule has 1 aromatic rings. The third-order valence-electron chi connectivity index (χ3n) is 3.23. The number of rotatable bonds is 2. The molecule has 1 aliphatic rings. The van der Waals surface area contributed by atoms with Crippen LogP contribution >= 0.6 is 0 Å². The van der Waals surface area contributed by atoms with Crippen LogP contribution in [0.4, 0.5) is 17.6 Å². The van der Waals surface area contributed by atoms with Crippen LogP contribution in [-0.2, 0) is 6.54 Å². The van der Waals surface area contributed by atoms with Gasteiger partial charge in [-0.1, -0.05) is 30.3 Å². The van der Waals surface area contributed by atoms with Crippen molar-refractivity contribution in [2.75, 3.05) is 6.54 Å². The van der Waals surface area contributed by atoms with E-state index < -0.39 is 18.4 Å². The first-order chi connectivity index (χ1) is 8.48. The summed E-state index contributed by atoms with van der Waals surface area (Å²) in [7, 11) is 0. The van der Waals surface area contributed by atoms with E-state index in [0.29, 0.717) is 13.0 Å². The Bertz CT molecular complexity index is 376. The van der Waals surface area contributed by atoms with Crippen molar-refractivity contribution in [1.82, 2.24) is 4.90 Å². The Labute approximate surface area is 103 Å². The number of benzene rings is 1. The number of likely N-dealkylation sites (tertiary alicyclic amines) is 1. The molecule has 18 heavy (non-hydrogen) atoms. The van der Waals surface area contributed by atoms with Gasteiger partial charge in [-0.2, -0.15) is 13.2 Å². The van der Waals surface area contributed by atoms with Crippen LogP contribution in [-0.4, -0.2) is 29.8 Å². The van der Waals surface area contributed by atoms with E-state index in [1.54, 1.807) is 30.3 Å². The third kappa shape index (κ3) is 3.02. The van der Waals surface area contributed by atoms with Crippen molar-refractivity contribution in [2.24, 2.45) is 0 Å². The van der Waals surface area contributed by atoms with Crippen molar-refractivity contribution in [2.45, 2.75) is 37.8 Å². The normalized spacial score (nSPS) is 26.2. The molecule has 0 saturated carbocycles. The minimum atomic E-state index is -4.51. The molecule has 5 heteroatoms. The van der Waals surface area contributed by atoms with E-state index in [9.17, 15) is 17.6 Å². The number of alkyl halides is 4. The molecule has 1 saturated heterocycles. The highest BCUT2D eigenvalue weighted by Crippen LogP contribution is 2.34. The lowest BCUT2D eigenvalue weighted by Gasteiger charge is -2.38. The number of hydrogen-bond acceptors (Lipinski definition) is 1. The van der Waals surface area contributed by atoms with Gasteiger partial charge in [-0.25, -0.2) is 4.39 Å². The zero-order valence-electron chi connectivity index (χ0n) is 9.83. The van der Waals surface area contributed by atoms with Gasteiger partial charge < -0.3 is 0 Å². The lowest BCUT2D eigenvalue weighted by molar-refractivity contribution is -0.209. The molecular formula is C13H15F4N. The predicted octanol–water partition coefficient (Wildman–Crippen LogP) is 3.55. The van der Waals surface area contributed by atoms with E-state index in [4.69, 9.17) is 0 Å². The molecule has 0 amide bonds. The van der Waals surface area contributed by atoms with Crippen molar-refractivity contribution >= 4 is 0 Å². The molecule has 2 unspecified atom stereocenters. The van der Waals surface area contributed by atoms with E-state index in [1.807, 2.05) is 0 Å². The molecule has 100 valence electrons. The second kappa shape index (κ2) is 5.26. The first-order valence-corrected chi connectivity index (χ1v) is 5.97. The molecule has 1 aromatic carbocycles. The van der Waals surface area contributed by atoms with Crippen LogP contribution in [0.5, 0.6) is 0 Å². The lowest BCUT2D eigenvalue weighted by atomic mass is 9.98. The molecule has 0 spiro atoms. The summed E-state index contributed by atoms with van der Waals surface area (Å²) in [5.41, 5.74) is 0.779. The van der Waals surface area contributed by atoms with Gasteiger partial charge in [0.1, 0.15) is 12.2 Å². The van der Waals surface area contributed by atoms with Gasteiger partial charge in [0.25, 0.3) is 0 Å². The van der Waals surface area contributed by atoms with Crippen LogP contribution in [0.2, 0.25) is 0 Å². The summed E-state index contributed by atoms with van der Waals surface area (Å²) in [6.45, 7) is 0.435. The molecule has 0 radical (unpaired) electrons. The second-order valence-corrected chi connectivity index (χ2v) is 4.60. The minimum absolute atomic E-state index is 0.00450. The molecule has 2 atom stereocenters. The summed E-state index contributed by atoms with van der Waals surface area (Å²) in [4.78, 5) is 1.20. The topological polar surface area (TPSA) is 3.24 Å². The lowest BCUT2D eigenvalue weighted by Crippen LogP contribution is -2.54. The Balaban J connectivity index is 2.14. The fraction of sp³-hybridized carbons (Fsp3) is 0.538. The van der Waals surface area contributed by atoms with E-state index in [1.165, 1.54) is 4.90 Å². The first-order valence-electron chi connectivity index (χ1n) is 5.97. The molecule has 0 N–H and O–H groups in total. The summed E-state index contributed by atoms with van der Waals surface area (Å²) < 4.78 is 52.1. The number of nitrogens with zero attached hydrogens (tertiary/aromatic N) is 1. The van der Waals surface area contributed by atoms with Gasteiger partial charge in [0.05, 0.1) is 0 Å². The molecule has 2 rings (SSSR count). The third-order valence-corrected chi connectivity index (χ3v) is 3.23. The van der Waals surface area contributed by atoms with E-state index >= 15 is 0 Å². The minimum Gasteiger partial charge on any atom is -0.286 e. The average Bonchev–Trinajstić information content (AvgIpc) is 2.28. The highest BCUT2D eigenvalue weighted by molar-refractivity contribution is 5.15. The Morgan fingerprint density at radius 2 is 1.83 bits per heavy atom. The van der Waals surface area contributed by atoms with Gasteiger partial charge in [0.2, 0.25) is 0 Å². The summed E-state index contributed by atoms with van der Waals surface area (Å²) in [6.07, 6.45) is -5.85. The maximum atomic E-state index is 13.5. The zero-order chi connectivity index (χ0) is 13.2. The van der Waals surface area contributed by atoms with Gasteiger partial charge in [0.15, 0.2) is 0 Å². The number of halogens is 4. The summed E-state index contributed by atoms with van der Waals surface area (Å²) in [5.74, 6) is 0. The maximum absolute atomic E-state index is 13.5. The Hall–Kier alpha value is -1.10. The largest absolute Gasteiger partial charge is 0.406 e. The molecule has 1 aliphatic heterocycles. The average molecular weight is 261 g/mol. The van der Waals surface area contributed by atoms with Crippen LogP contribution < -0.4 is 0 Å². The van der Waals surface area contributed by atoms with Gasteiger partial charge >= 0.3 is 6.18 Å². The zero-order valence-corrected chi connectivity index (χ0v) is 9.83. The number of piperidine rings is 1. The standard InChI is InChI=1S/C13H15F4N/c14-11-7-4-8-18(12(11)13(15,16)17)9-10-5-2-1-3-6-10/h1-3,5-6,11-12H,4,7-9H2. The van der Waals surface area contributed by atoms with Crippen molar-refractivity contribution in [3.05, 3.63) is 35.9 Å². The summed E-state index contributed by atoms with van der Waals surface area (Å²) in [6, 6.07) is 6.90. The Morgan fingerprint density at radius 1 is 1.17 bits per heavy atom. The highest BCUT2D eigenvalue weighted by atomic mass is 19.4.